The van der Waals surface area contributed by atoms with Crippen LogP contribution in [0.25, 0.3) is 0 Å². The van der Waals surface area contributed by atoms with Gasteiger partial charge in [-0.2, -0.15) is 0 Å². The van der Waals surface area contributed by atoms with Crippen LogP contribution in [0.15, 0.2) is 45.3 Å². The summed E-state index contributed by atoms with van der Waals surface area (Å²) in [5.41, 5.74) is 0.801. The molecule has 0 aromatic heterocycles. The Balaban J connectivity index is 2.15. The Bertz CT molecular complexity index is 617. The van der Waals surface area contributed by atoms with Crippen LogP contribution in [0.4, 0.5) is 8.78 Å². The Morgan fingerprint density at radius 1 is 0.950 bits per heavy atom. The van der Waals surface area contributed by atoms with E-state index in [1.165, 1.54) is 12.1 Å². The van der Waals surface area contributed by atoms with E-state index < -0.39 is 17.7 Å². The third kappa shape index (κ3) is 3.65. The standard InChI is InChI=1S/C15H12Br2F2O/c16-12-4-2-1-3-9(12)7-10(20)8-11-14(18)6-5-13(17)15(11)19/h1-6,10,20H,7-8H2. The average molecular weight is 406 g/mol. The van der Waals surface area contributed by atoms with E-state index in [-0.39, 0.29) is 16.5 Å². The molecule has 106 valence electrons. The summed E-state index contributed by atoms with van der Waals surface area (Å²) in [6.07, 6.45) is -0.599. The van der Waals surface area contributed by atoms with Crippen LogP contribution in [0.3, 0.4) is 0 Å². The smallest absolute Gasteiger partial charge is 0.143 e. The first-order valence-corrected chi connectivity index (χ1v) is 7.61. The quantitative estimate of drug-likeness (QED) is 0.735. The monoisotopic (exact) mass is 404 g/mol. The lowest BCUT2D eigenvalue weighted by molar-refractivity contribution is 0.172. The Hall–Kier alpha value is -0.780. The summed E-state index contributed by atoms with van der Waals surface area (Å²) in [6.45, 7) is 0. The molecular formula is C15H12Br2F2O. The van der Waals surface area contributed by atoms with Gasteiger partial charge in [0.25, 0.3) is 0 Å². The van der Waals surface area contributed by atoms with Crippen molar-refractivity contribution in [3.05, 3.63) is 68.1 Å². The van der Waals surface area contributed by atoms with Crippen LogP contribution < -0.4 is 0 Å². The molecule has 2 aromatic rings. The minimum Gasteiger partial charge on any atom is -0.392 e. The lowest BCUT2D eigenvalue weighted by atomic mass is 10.0. The molecule has 0 spiro atoms. The largest absolute Gasteiger partial charge is 0.392 e. The predicted octanol–water partition coefficient (Wildman–Crippen LogP) is 4.64. The average Bonchev–Trinajstić information content (AvgIpc) is 2.42. The molecule has 2 rings (SSSR count). The highest BCUT2D eigenvalue weighted by Gasteiger charge is 2.17. The summed E-state index contributed by atoms with van der Waals surface area (Å²) in [7, 11) is 0. The summed E-state index contributed by atoms with van der Waals surface area (Å²) in [6, 6.07) is 9.95. The van der Waals surface area contributed by atoms with Crippen molar-refractivity contribution in [1.82, 2.24) is 0 Å². The van der Waals surface area contributed by atoms with Gasteiger partial charge in [0.15, 0.2) is 0 Å². The molecule has 0 heterocycles. The molecule has 0 amide bonds. The van der Waals surface area contributed by atoms with Gasteiger partial charge in [-0.15, -0.1) is 0 Å². The Labute approximate surface area is 132 Å². The van der Waals surface area contributed by atoms with Gasteiger partial charge in [-0.25, -0.2) is 8.78 Å². The molecular weight excluding hydrogens is 394 g/mol. The van der Waals surface area contributed by atoms with E-state index >= 15 is 0 Å². The first kappa shape index (κ1) is 15.6. The SMILES string of the molecule is OC(Cc1ccccc1Br)Cc1c(F)ccc(Br)c1F. The van der Waals surface area contributed by atoms with Crippen molar-refractivity contribution in [3.63, 3.8) is 0 Å². The predicted molar refractivity (Wildman–Crippen MR) is 81.6 cm³/mol. The number of benzene rings is 2. The van der Waals surface area contributed by atoms with Gasteiger partial charge in [0.05, 0.1) is 10.6 Å². The van der Waals surface area contributed by atoms with Gasteiger partial charge in [0.1, 0.15) is 11.6 Å². The molecule has 1 unspecified atom stereocenters. The fraction of sp³-hybridized carbons (Fsp3) is 0.200. The zero-order valence-electron chi connectivity index (χ0n) is 10.4. The Morgan fingerprint density at radius 3 is 2.35 bits per heavy atom. The molecule has 1 N–H and O–H groups in total. The molecule has 1 nitrogen and oxygen atoms in total. The van der Waals surface area contributed by atoms with Crippen LogP contribution in [0.5, 0.6) is 0 Å². The number of halogens is 4. The lowest BCUT2D eigenvalue weighted by Crippen LogP contribution is -2.16. The molecule has 0 saturated carbocycles. The van der Waals surface area contributed by atoms with E-state index in [9.17, 15) is 13.9 Å². The number of aliphatic hydroxyl groups excluding tert-OH is 1. The molecule has 0 bridgehead atoms. The highest BCUT2D eigenvalue weighted by Crippen LogP contribution is 2.24. The van der Waals surface area contributed by atoms with Crippen molar-refractivity contribution >= 4 is 31.9 Å². The molecule has 0 aliphatic rings. The fourth-order valence-corrected chi connectivity index (χ4v) is 2.80. The third-order valence-electron chi connectivity index (χ3n) is 2.99. The van der Waals surface area contributed by atoms with Gasteiger partial charge >= 0.3 is 0 Å². The molecule has 0 radical (unpaired) electrons. The van der Waals surface area contributed by atoms with Crippen LogP contribution in [0.1, 0.15) is 11.1 Å². The van der Waals surface area contributed by atoms with Gasteiger partial charge < -0.3 is 5.11 Å². The number of rotatable bonds is 4. The molecule has 1 atom stereocenters. The first-order chi connectivity index (χ1) is 9.49. The second kappa shape index (κ2) is 6.78. The maximum absolute atomic E-state index is 13.8. The van der Waals surface area contributed by atoms with Crippen LogP contribution in [-0.2, 0) is 12.8 Å². The highest BCUT2D eigenvalue weighted by molar-refractivity contribution is 9.10. The molecule has 0 saturated heterocycles. The van der Waals surface area contributed by atoms with Crippen LogP contribution in [-0.4, -0.2) is 11.2 Å². The summed E-state index contributed by atoms with van der Waals surface area (Å²) in [4.78, 5) is 0. The number of aliphatic hydroxyl groups is 1. The zero-order valence-corrected chi connectivity index (χ0v) is 13.6. The number of hydrogen-bond donors (Lipinski definition) is 1. The second-order valence-electron chi connectivity index (χ2n) is 4.48. The lowest BCUT2D eigenvalue weighted by Gasteiger charge is -2.13. The molecule has 20 heavy (non-hydrogen) atoms. The van der Waals surface area contributed by atoms with Crippen molar-refractivity contribution in [2.75, 3.05) is 0 Å². The van der Waals surface area contributed by atoms with Crippen LogP contribution in [0.2, 0.25) is 0 Å². The van der Waals surface area contributed by atoms with Crippen molar-refractivity contribution in [2.45, 2.75) is 18.9 Å². The van der Waals surface area contributed by atoms with E-state index in [2.05, 4.69) is 31.9 Å². The summed E-state index contributed by atoms with van der Waals surface area (Å²) in [5, 5.41) is 10.1. The zero-order chi connectivity index (χ0) is 14.7. The topological polar surface area (TPSA) is 20.2 Å². The van der Waals surface area contributed by atoms with Gasteiger partial charge in [0.2, 0.25) is 0 Å². The van der Waals surface area contributed by atoms with E-state index in [0.717, 1.165) is 10.0 Å². The molecule has 0 fully saturated rings. The maximum Gasteiger partial charge on any atom is 0.143 e. The Morgan fingerprint density at radius 2 is 1.65 bits per heavy atom. The fourth-order valence-electron chi connectivity index (χ4n) is 1.98. The van der Waals surface area contributed by atoms with Crippen molar-refractivity contribution in [2.24, 2.45) is 0 Å². The first-order valence-electron chi connectivity index (χ1n) is 6.03. The van der Waals surface area contributed by atoms with Gasteiger partial charge in [-0.1, -0.05) is 34.1 Å². The summed E-state index contributed by atoms with van der Waals surface area (Å²) >= 11 is 6.40. The molecule has 0 aliphatic carbocycles. The van der Waals surface area contributed by atoms with E-state index in [4.69, 9.17) is 0 Å². The van der Waals surface area contributed by atoms with Crippen molar-refractivity contribution < 1.29 is 13.9 Å². The second-order valence-corrected chi connectivity index (χ2v) is 6.18. The van der Waals surface area contributed by atoms with E-state index in [0.29, 0.717) is 6.42 Å². The van der Waals surface area contributed by atoms with Crippen molar-refractivity contribution in [1.29, 1.82) is 0 Å². The van der Waals surface area contributed by atoms with Crippen molar-refractivity contribution in [3.8, 4) is 0 Å². The minimum absolute atomic E-state index is 0.0710. The number of hydrogen-bond acceptors (Lipinski definition) is 1. The van der Waals surface area contributed by atoms with Gasteiger partial charge in [-0.05, 0) is 46.1 Å². The summed E-state index contributed by atoms with van der Waals surface area (Å²) in [5.74, 6) is -1.30. The van der Waals surface area contributed by atoms with E-state index in [1.807, 2.05) is 24.3 Å². The molecule has 2 aromatic carbocycles. The highest BCUT2D eigenvalue weighted by atomic mass is 79.9. The minimum atomic E-state index is -0.855. The summed E-state index contributed by atoms with van der Waals surface area (Å²) < 4.78 is 28.5. The molecule has 5 heteroatoms. The Kier molecular flexibility index (Phi) is 5.29. The molecule has 0 aliphatic heterocycles. The normalized spacial score (nSPS) is 12.4. The van der Waals surface area contributed by atoms with Gasteiger partial charge in [0, 0.05) is 16.5 Å². The van der Waals surface area contributed by atoms with Crippen LogP contribution in [0, 0.1) is 11.6 Å². The van der Waals surface area contributed by atoms with E-state index in [1.54, 1.807) is 0 Å². The van der Waals surface area contributed by atoms with Gasteiger partial charge in [-0.3, -0.25) is 0 Å². The van der Waals surface area contributed by atoms with Crippen LogP contribution >= 0.6 is 31.9 Å². The third-order valence-corrected chi connectivity index (χ3v) is 4.38. The maximum atomic E-state index is 13.8.